The smallest absolute Gasteiger partial charge is 0.303 e. The number of benzene rings is 2. The zero-order chi connectivity index (χ0) is 27.3. The second-order valence-corrected chi connectivity index (χ2v) is 9.62. The van der Waals surface area contributed by atoms with Crippen LogP contribution in [-0.4, -0.2) is 49.5 Å². The Kier molecular flexibility index (Phi) is 9.32. The van der Waals surface area contributed by atoms with Crippen LogP contribution in [0.5, 0.6) is 5.75 Å². The Balaban J connectivity index is 1.93. The van der Waals surface area contributed by atoms with Gasteiger partial charge in [-0.2, -0.15) is 0 Å². The molecule has 8 nitrogen and oxygen atoms in total. The van der Waals surface area contributed by atoms with Gasteiger partial charge in [0.25, 0.3) is 5.91 Å². The molecule has 2 aromatic carbocycles. The second kappa shape index (κ2) is 12.2. The number of nitrogens with one attached hydrogen (secondary N) is 1. The Morgan fingerprint density at radius 3 is 2.24 bits per heavy atom. The van der Waals surface area contributed by atoms with E-state index in [0.29, 0.717) is 11.3 Å². The van der Waals surface area contributed by atoms with Crippen molar-refractivity contribution in [2.75, 3.05) is 7.05 Å². The number of esters is 2. The van der Waals surface area contributed by atoms with E-state index < -0.39 is 30.4 Å². The molecule has 6 atom stereocenters. The second-order valence-electron chi connectivity index (χ2n) is 9.62. The summed E-state index contributed by atoms with van der Waals surface area (Å²) in [5.41, 5.74) is 3.21. The lowest BCUT2D eigenvalue weighted by atomic mass is 9.83. The lowest BCUT2D eigenvalue weighted by molar-refractivity contribution is -0.274. The maximum Gasteiger partial charge on any atom is 0.303 e. The van der Waals surface area contributed by atoms with Crippen molar-refractivity contribution < 1.29 is 33.3 Å². The van der Waals surface area contributed by atoms with Gasteiger partial charge in [-0.3, -0.25) is 14.4 Å². The highest BCUT2D eigenvalue weighted by Crippen LogP contribution is 2.37. The van der Waals surface area contributed by atoms with Gasteiger partial charge in [-0.1, -0.05) is 45.4 Å². The van der Waals surface area contributed by atoms with Gasteiger partial charge in [0.2, 0.25) is 12.4 Å². The number of carbonyl (C=O) groups is 3. The molecule has 1 aliphatic heterocycles. The lowest BCUT2D eigenvalue weighted by Gasteiger charge is -2.45. The van der Waals surface area contributed by atoms with Crippen LogP contribution in [0.3, 0.4) is 0 Å². The van der Waals surface area contributed by atoms with Gasteiger partial charge in [-0.15, -0.1) is 0 Å². The van der Waals surface area contributed by atoms with Crippen molar-refractivity contribution in [3.05, 3.63) is 53.6 Å². The fourth-order valence-corrected chi connectivity index (χ4v) is 4.73. The summed E-state index contributed by atoms with van der Waals surface area (Å²) in [4.78, 5) is 36.0. The molecule has 0 unspecified atom stereocenters. The molecule has 0 saturated carbocycles. The number of carbonyl (C=O) groups excluding carboxylic acids is 3. The van der Waals surface area contributed by atoms with E-state index in [1.54, 1.807) is 13.1 Å². The van der Waals surface area contributed by atoms with Crippen LogP contribution in [0.25, 0.3) is 11.1 Å². The first-order chi connectivity index (χ1) is 17.5. The third kappa shape index (κ3) is 6.68. The highest BCUT2D eigenvalue weighted by molar-refractivity contribution is 5.95. The number of rotatable bonds is 8. The molecule has 0 bridgehead atoms. The molecule has 200 valence electrons. The fraction of sp³-hybridized carbons (Fsp3) is 0.483. The Hall–Kier alpha value is -3.39. The molecule has 2 aromatic rings. The van der Waals surface area contributed by atoms with E-state index in [4.69, 9.17) is 18.9 Å². The SMILES string of the molecule is CC[C@H](C)[C@H]1O[C@H](Oc2ccc(-c3cccc(C(=O)NC)c3)cc2C)[C@@H](OC(C)=O)[C@@H](OC(C)=O)[C@@H]1C. The number of ether oxygens (including phenoxy) is 4. The molecule has 37 heavy (non-hydrogen) atoms. The minimum atomic E-state index is -0.968. The van der Waals surface area contributed by atoms with Crippen LogP contribution >= 0.6 is 0 Å². The first kappa shape index (κ1) is 28.2. The van der Waals surface area contributed by atoms with Gasteiger partial charge in [-0.25, -0.2) is 0 Å². The third-order valence-electron chi connectivity index (χ3n) is 6.83. The highest BCUT2D eigenvalue weighted by Gasteiger charge is 2.50. The largest absolute Gasteiger partial charge is 0.460 e. The summed E-state index contributed by atoms with van der Waals surface area (Å²) in [6.07, 6.45) is -2.02. The first-order valence-electron chi connectivity index (χ1n) is 12.6. The molecular formula is C29H37NO7. The van der Waals surface area contributed by atoms with Crippen molar-refractivity contribution in [2.24, 2.45) is 11.8 Å². The van der Waals surface area contributed by atoms with E-state index in [0.717, 1.165) is 23.1 Å². The summed E-state index contributed by atoms with van der Waals surface area (Å²) in [5, 5.41) is 2.64. The van der Waals surface area contributed by atoms with Gasteiger partial charge < -0.3 is 24.3 Å². The third-order valence-corrected chi connectivity index (χ3v) is 6.83. The van der Waals surface area contributed by atoms with Crippen molar-refractivity contribution >= 4 is 17.8 Å². The summed E-state index contributed by atoms with van der Waals surface area (Å²) < 4.78 is 23.9. The first-order valence-corrected chi connectivity index (χ1v) is 12.6. The van der Waals surface area contributed by atoms with E-state index in [1.807, 2.05) is 50.2 Å². The van der Waals surface area contributed by atoms with Crippen LogP contribution < -0.4 is 10.1 Å². The molecule has 0 spiro atoms. The predicted molar refractivity (Wildman–Crippen MR) is 139 cm³/mol. The molecule has 3 rings (SSSR count). The number of amides is 1. The van der Waals surface area contributed by atoms with E-state index in [1.165, 1.54) is 13.8 Å². The van der Waals surface area contributed by atoms with Crippen LogP contribution in [0, 0.1) is 18.8 Å². The molecule has 1 saturated heterocycles. The molecule has 0 radical (unpaired) electrons. The summed E-state index contributed by atoms with van der Waals surface area (Å²) in [6, 6.07) is 13.0. The van der Waals surface area contributed by atoms with Crippen LogP contribution in [0.1, 0.15) is 57.0 Å². The fourth-order valence-electron chi connectivity index (χ4n) is 4.73. The summed E-state index contributed by atoms with van der Waals surface area (Å²) in [5.74, 6) is -0.634. The summed E-state index contributed by atoms with van der Waals surface area (Å²) in [7, 11) is 1.60. The van der Waals surface area contributed by atoms with E-state index >= 15 is 0 Å². The standard InChI is InChI=1S/C29H37NO7/c1-8-16(2)25-18(4)26(34-19(5)31)27(35-20(6)32)29(37-25)36-24-13-12-22(14-17(24)3)21-10-9-11-23(15-21)28(33)30-7/h9-16,18,25-27,29H,8H2,1-7H3,(H,30,33)/t16-,18+,25+,26-,27-,29-/m0/s1. The molecule has 1 N–H and O–H groups in total. The van der Waals surface area contributed by atoms with Gasteiger partial charge in [-0.05, 0) is 53.8 Å². The maximum absolute atomic E-state index is 12.0. The van der Waals surface area contributed by atoms with Gasteiger partial charge >= 0.3 is 11.9 Å². The van der Waals surface area contributed by atoms with Crippen molar-refractivity contribution in [1.29, 1.82) is 0 Å². The quantitative estimate of drug-likeness (QED) is 0.514. The number of hydrogen-bond donors (Lipinski definition) is 1. The van der Waals surface area contributed by atoms with Crippen LogP contribution in [0.15, 0.2) is 42.5 Å². The van der Waals surface area contributed by atoms with E-state index in [-0.39, 0.29) is 23.8 Å². The lowest BCUT2D eigenvalue weighted by Crippen LogP contribution is -2.59. The highest BCUT2D eigenvalue weighted by atomic mass is 16.7. The van der Waals surface area contributed by atoms with Crippen LogP contribution in [-0.2, 0) is 23.8 Å². The maximum atomic E-state index is 12.0. The molecule has 1 amide bonds. The number of aryl methyl sites for hydroxylation is 1. The molecule has 1 heterocycles. The Morgan fingerprint density at radius 1 is 1.00 bits per heavy atom. The average Bonchev–Trinajstić information content (AvgIpc) is 2.87. The van der Waals surface area contributed by atoms with E-state index in [2.05, 4.69) is 19.2 Å². The van der Waals surface area contributed by atoms with Crippen LogP contribution in [0.4, 0.5) is 0 Å². The van der Waals surface area contributed by atoms with Crippen molar-refractivity contribution in [3.8, 4) is 16.9 Å². The average molecular weight is 512 g/mol. The van der Waals surface area contributed by atoms with Crippen molar-refractivity contribution in [2.45, 2.75) is 72.6 Å². The van der Waals surface area contributed by atoms with Crippen molar-refractivity contribution in [1.82, 2.24) is 5.32 Å². The van der Waals surface area contributed by atoms with Crippen LogP contribution in [0.2, 0.25) is 0 Å². The van der Waals surface area contributed by atoms with Gasteiger partial charge in [0.1, 0.15) is 11.9 Å². The summed E-state index contributed by atoms with van der Waals surface area (Å²) in [6.45, 7) is 10.6. The Labute approximate surface area is 218 Å². The minimum Gasteiger partial charge on any atom is -0.460 e. The molecular weight excluding hydrogens is 474 g/mol. The summed E-state index contributed by atoms with van der Waals surface area (Å²) >= 11 is 0. The van der Waals surface area contributed by atoms with Gasteiger partial charge in [0.15, 0.2) is 0 Å². The van der Waals surface area contributed by atoms with Gasteiger partial charge in [0.05, 0.1) is 6.10 Å². The molecule has 8 heteroatoms. The minimum absolute atomic E-state index is 0.156. The molecule has 1 aliphatic rings. The Bertz CT molecular complexity index is 1130. The zero-order valence-electron chi connectivity index (χ0n) is 22.6. The molecule has 0 aromatic heterocycles. The monoisotopic (exact) mass is 511 g/mol. The van der Waals surface area contributed by atoms with Gasteiger partial charge in [0, 0.05) is 32.4 Å². The normalized spacial score (nSPS) is 24.0. The topological polar surface area (TPSA) is 100 Å². The molecule has 0 aliphatic carbocycles. The zero-order valence-corrected chi connectivity index (χ0v) is 22.6. The predicted octanol–water partition coefficient (Wildman–Crippen LogP) is 4.67. The van der Waals surface area contributed by atoms with E-state index in [9.17, 15) is 14.4 Å². The molecule has 1 fully saturated rings. The van der Waals surface area contributed by atoms with Crippen molar-refractivity contribution in [3.63, 3.8) is 0 Å². The number of hydrogen-bond acceptors (Lipinski definition) is 7. The Morgan fingerprint density at radius 2 is 1.65 bits per heavy atom.